The Morgan fingerprint density at radius 2 is 1.71 bits per heavy atom. The van der Waals surface area contributed by atoms with Crippen LogP contribution in [0.3, 0.4) is 0 Å². The standard InChI is InChI=1S/C20H20ClNO6/c1-25-15-6-8-17(26-2)13(10-15)4-9-20(24)28-12-19(23)22-14-5-7-18(27-3)16(21)11-14/h4-11H,12H2,1-3H3,(H,22,23). The first kappa shape index (κ1) is 21.1. The second kappa shape index (κ2) is 10.2. The van der Waals surface area contributed by atoms with Crippen LogP contribution in [-0.4, -0.2) is 39.8 Å². The number of carbonyl (C=O) groups excluding carboxylic acids is 2. The van der Waals surface area contributed by atoms with Crippen LogP contribution in [0, 0.1) is 0 Å². The fraction of sp³-hybridized carbons (Fsp3) is 0.200. The van der Waals surface area contributed by atoms with E-state index in [4.69, 9.17) is 30.5 Å². The zero-order valence-corrected chi connectivity index (χ0v) is 16.4. The van der Waals surface area contributed by atoms with E-state index in [0.29, 0.717) is 33.5 Å². The van der Waals surface area contributed by atoms with Crippen molar-refractivity contribution in [3.8, 4) is 17.2 Å². The normalized spacial score (nSPS) is 10.4. The summed E-state index contributed by atoms with van der Waals surface area (Å²) in [5, 5.41) is 2.93. The van der Waals surface area contributed by atoms with E-state index < -0.39 is 18.5 Å². The van der Waals surface area contributed by atoms with Gasteiger partial charge in [-0.25, -0.2) is 4.79 Å². The van der Waals surface area contributed by atoms with Crippen molar-refractivity contribution < 1.29 is 28.5 Å². The molecule has 0 spiro atoms. The van der Waals surface area contributed by atoms with Crippen LogP contribution in [0.5, 0.6) is 17.2 Å². The lowest BCUT2D eigenvalue weighted by atomic mass is 10.1. The molecule has 0 saturated carbocycles. The molecule has 2 aromatic carbocycles. The van der Waals surface area contributed by atoms with E-state index in [2.05, 4.69) is 5.32 Å². The average Bonchev–Trinajstić information content (AvgIpc) is 2.70. The van der Waals surface area contributed by atoms with Gasteiger partial charge in [0.05, 0.1) is 26.4 Å². The molecule has 0 aliphatic carbocycles. The highest BCUT2D eigenvalue weighted by atomic mass is 35.5. The van der Waals surface area contributed by atoms with Crippen LogP contribution < -0.4 is 19.5 Å². The van der Waals surface area contributed by atoms with Gasteiger partial charge in [-0.2, -0.15) is 0 Å². The Morgan fingerprint density at radius 1 is 1.00 bits per heavy atom. The highest BCUT2D eigenvalue weighted by molar-refractivity contribution is 6.32. The minimum Gasteiger partial charge on any atom is -0.497 e. The second-order valence-corrected chi connectivity index (χ2v) is 5.85. The molecule has 2 rings (SSSR count). The number of halogens is 1. The summed E-state index contributed by atoms with van der Waals surface area (Å²) < 4.78 is 20.3. The molecule has 0 aliphatic heterocycles. The van der Waals surface area contributed by atoms with Crippen LogP contribution in [-0.2, 0) is 14.3 Å². The number of hydrogen-bond donors (Lipinski definition) is 1. The Kier molecular flexibility index (Phi) is 7.71. The molecule has 0 unspecified atom stereocenters. The van der Waals surface area contributed by atoms with Crippen molar-refractivity contribution in [2.24, 2.45) is 0 Å². The predicted octanol–water partition coefficient (Wildman–Crippen LogP) is 3.56. The quantitative estimate of drug-likeness (QED) is 0.534. The molecule has 0 atom stereocenters. The monoisotopic (exact) mass is 405 g/mol. The van der Waals surface area contributed by atoms with Crippen LogP contribution >= 0.6 is 11.6 Å². The van der Waals surface area contributed by atoms with Gasteiger partial charge in [0.2, 0.25) is 0 Å². The number of benzene rings is 2. The summed E-state index contributed by atoms with van der Waals surface area (Å²) in [6.45, 7) is -0.442. The molecule has 0 aromatic heterocycles. The summed E-state index contributed by atoms with van der Waals surface area (Å²) in [6, 6.07) is 9.95. The molecule has 0 bridgehead atoms. The number of amides is 1. The summed E-state index contributed by atoms with van der Waals surface area (Å²) in [4.78, 5) is 23.8. The Morgan fingerprint density at radius 3 is 2.36 bits per heavy atom. The van der Waals surface area contributed by atoms with Gasteiger partial charge in [-0.05, 0) is 42.5 Å². The van der Waals surface area contributed by atoms with E-state index in [0.717, 1.165) is 0 Å². The fourth-order valence-corrected chi connectivity index (χ4v) is 2.51. The van der Waals surface area contributed by atoms with E-state index in [-0.39, 0.29) is 0 Å². The second-order valence-electron chi connectivity index (χ2n) is 5.45. The number of anilines is 1. The van der Waals surface area contributed by atoms with Gasteiger partial charge in [0.15, 0.2) is 6.61 Å². The first-order chi connectivity index (χ1) is 13.5. The molecule has 0 radical (unpaired) electrons. The van der Waals surface area contributed by atoms with Crippen molar-refractivity contribution in [1.82, 2.24) is 0 Å². The zero-order chi connectivity index (χ0) is 20.5. The molecule has 0 fully saturated rings. The molecule has 148 valence electrons. The largest absolute Gasteiger partial charge is 0.497 e. The smallest absolute Gasteiger partial charge is 0.331 e. The van der Waals surface area contributed by atoms with Crippen LogP contribution in [0.1, 0.15) is 5.56 Å². The zero-order valence-electron chi connectivity index (χ0n) is 15.7. The lowest BCUT2D eigenvalue weighted by Crippen LogP contribution is -2.20. The van der Waals surface area contributed by atoms with Gasteiger partial charge in [0.25, 0.3) is 5.91 Å². The van der Waals surface area contributed by atoms with Crippen molar-refractivity contribution in [3.63, 3.8) is 0 Å². The number of rotatable bonds is 8. The predicted molar refractivity (Wildman–Crippen MR) is 106 cm³/mol. The van der Waals surface area contributed by atoms with Crippen LogP contribution in [0.4, 0.5) is 5.69 Å². The summed E-state index contributed by atoms with van der Waals surface area (Å²) in [7, 11) is 4.55. The van der Waals surface area contributed by atoms with Gasteiger partial charge in [0, 0.05) is 17.3 Å². The molecule has 7 nitrogen and oxygen atoms in total. The SMILES string of the molecule is COc1ccc(OC)c(C=CC(=O)OCC(=O)Nc2ccc(OC)c(Cl)c2)c1. The van der Waals surface area contributed by atoms with E-state index in [9.17, 15) is 9.59 Å². The molecular formula is C20H20ClNO6. The van der Waals surface area contributed by atoms with Crippen molar-refractivity contribution >= 4 is 35.2 Å². The number of hydrogen-bond acceptors (Lipinski definition) is 6. The highest BCUT2D eigenvalue weighted by Gasteiger charge is 2.09. The van der Waals surface area contributed by atoms with Gasteiger partial charge in [0.1, 0.15) is 17.2 Å². The first-order valence-corrected chi connectivity index (χ1v) is 8.55. The minimum atomic E-state index is -0.673. The van der Waals surface area contributed by atoms with Gasteiger partial charge in [-0.1, -0.05) is 11.6 Å². The van der Waals surface area contributed by atoms with Crippen molar-refractivity contribution in [1.29, 1.82) is 0 Å². The summed E-state index contributed by atoms with van der Waals surface area (Å²) in [5.74, 6) is 0.504. The third kappa shape index (κ3) is 5.92. The minimum absolute atomic E-state index is 0.354. The molecular weight excluding hydrogens is 386 g/mol. The maximum absolute atomic E-state index is 11.9. The lowest BCUT2D eigenvalue weighted by molar-refractivity contribution is -0.142. The Hall–Kier alpha value is -3.19. The third-order valence-electron chi connectivity index (χ3n) is 3.62. The van der Waals surface area contributed by atoms with Gasteiger partial charge in [-0.15, -0.1) is 0 Å². The van der Waals surface area contributed by atoms with Gasteiger partial charge >= 0.3 is 5.97 Å². The van der Waals surface area contributed by atoms with Crippen LogP contribution in [0.15, 0.2) is 42.5 Å². The van der Waals surface area contributed by atoms with Crippen LogP contribution in [0.25, 0.3) is 6.08 Å². The third-order valence-corrected chi connectivity index (χ3v) is 3.91. The molecule has 1 amide bonds. The Labute approximate surface area is 167 Å². The van der Waals surface area contributed by atoms with E-state index in [1.165, 1.54) is 39.5 Å². The maximum Gasteiger partial charge on any atom is 0.331 e. The molecule has 28 heavy (non-hydrogen) atoms. The highest BCUT2D eigenvalue weighted by Crippen LogP contribution is 2.27. The number of carbonyl (C=O) groups is 2. The summed E-state index contributed by atoms with van der Waals surface area (Å²) in [6.07, 6.45) is 2.72. The molecule has 0 aliphatic rings. The molecule has 2 aromatic rings. The maximum atomic E-state index is 11.9. The van der Waals surface area contributed by atoms with E-state index >= 15 is 0 Å². The molecule has 0 heterocycles. The van der Waals surface area contributed by atoms with E-state index in [1.54, 1.807) is 30.3 Å². The molecule has 8 heteroatoms. The van der Waals surface area contributed by atoms with Crippen LogP contribution in [0.2, 0.25) is 5.02 Å². The Bertz CT molecular complexity index is 881. The number of nitrogens with one attached hydrogen (secondary N) is 1. The van der Waals surface area contributed by atoms with Crippen molar-refractivity contribution in [2.45, 2.75) is 0 Å². The Balaban J connectivity index is 1.90. The van der Waals surface area contributed by atoms with Gasteiger partial charge < -0.3 is 24.3 Å². The topological polar surface area (TPSA) is 83.1 Å². The van der Waals surface area contributed by atoms with Crippen molar-refractivity contribution in [3.05, 3.63) is 53.1 Å². The first-order valence-electron chi connectivity index (χ1n) is 8.17. The van der Waals surface area contributed by atoms with Gasteiger partial charge in [-0.3, -0.25) is 4.79 Å². The number of ether oxygens (including phenoxy) is 4. The fourth-order valence-electron chi connectivity index (χ4n) is 2.25. The summed E-state index contributed by atoms with van der Waals surface area (Å²) >= 11 is 6.00. The summed E-state index contributed by atoms with van der Waals surface area (Å²) in [5.41, 5.74) is 1.10. The lowest BCUT2D eigenvalue weighted by Gasteiger charge is -2.08. The molecule has 0 saturated heterocycles. The van der Waals surface area contributed by atoms with E-state index in [1.807, 2.05) is 0 Å². The number of methoxy groups -OCH3 is 3. The number of esters is 1. The average molecular weight is 406 g/mol. The van der Waals surface area contributed by atoms with Crippen molar-refractivity contribution in [2.75, 3.05) is 33.3 Å². The molecule has 1 N–H and O–H groups in total.